The Morgan fingerprint density at radius 2 is 1.35 bits per heavy atom. The van der Waals surface area contributed by atoms with E-state index in [0.717, 1.165) is 56.6 Å². The predicted octanol–water partition coefficient (Wildman–Crippen LogP) is 11.1. The van der Waals surface area contributed by atoms with E-state index in [2.05, 4.69) is 31.2 Å². The SMILES string of the molecule is [CH2+][CH-]CCCCCCC1CCC(c2ccc(OCCCCOC3CCC(c4cc(F)c(C(=O)OCCCCOC)c(F)c4)CC3)cc2)CC1. The van der Waals surface area contributed by atoms with E-state index in [-0.39, 0.29) is 18.6 Å². The van der Waals surface area contributed by atoms with Gasteiger partial charge in [0, 0.05) is 20.3 Å². The van der Waals surface area contributed by atoms with Gasteiger partial charge in [0.1, 0.15) is 22.9 Å². The Hall–Kier alpha value is -2.64. The van der Waals surface area contributed by atoms with Crippen LogP contribution in [0.5, 0.6) is 5.75 Å². The molecule has 272 valence electrons. The second kappa shape index (κ2) is 22.2. The average molecular weight is 683 g/mol. The predicted molar refractivity (Wildman–Crippen MR) is 192 cm³/mol. The number of methoxy groups -OCH3 is 1. The van der Waals surface area contributed by atoms with Crippen LogP contribution < -0.4 is 4.74 Å². The van der Waals surface area contributed by atoms with Crippen molar-refractivity contribution in [3.8, 4) is 5.75 Å². The summed E-state index contributed by atoms with van der Waals surface area (Å²) in [4.78, 5) is 12.3. The summed E-state index contributed by atoms with van der Waals surface area (Å²) >= 11 is 0. The zero-order chi connectivity index (χ0) is 34.7. The summed E-state index contributed by atoms with van der Waals surface area (Å²) in [5.41, 5.74) is 1.44. The second-order valence-corrected chi connectivity index (χ2v) is 14.2. The molecule has 2 aliphatic carbocycles. The van der Waals surface area contributed by atoms with Crippen LogP contribution in [-0.2, 0) is 14.2 Å². The summed E-state index contributed by atoms with van der Waals surface area (Å²) < 4.78 is 51.7. The number of esters is 1. The van der Waals surface area contributed by atoms with Crippen LogP contribution in [-0.4, -0.2) is 45.6 Å². The van der Waals surface area contributed by atoms with Crippen LogP contribution in [0.25, 0.3) is 0 Å². The highest BCUT2D eigenvalue weighted by Crippen LogP contribution is 2.38. The Morgan fingerprint density at radius 1 is 0.735 bits per heavy atom. The van der Waals surface area contributed by atoms with Crippen LogP contribution in [0.4, 0.5) is 8.78 Å². The van der Waals surface area contributed by atoms with Crippen LogP contribution in [0.3, 0.4) is 0 Å². The third kappa shape index (κ3) is 13.5. The van der Waals surface area contributed by atoms with Crippen molar-refractivity contribution >= 4 is 5.97 Å². The molecule has 0 saturated heterocycles. The van der Waals surface area contributed by atoms with Crippen molar-refractivity contribution in [3.05, 3.63) is 78.1 Å². The minimum atomic E-state index is -0.959. The van der Waals surface area contributed by atoms with Gasteiger partial charge in [-0.3, -0.25) is 0 Å². The summed E-state index contributed by atoms with van der Waals surface area (Å²) in [5.74, 6) is -0.0944. The standard InChI is InChI=1S/C42H60F2O5/c1-3-4-5-6-7-8-13-32-14-16-33(17-15-32)34-18-22-37(23-19-34)47-27-11-12-28-48-38-24-20-35(21-25-38)36-30-39(43)41(40(44)31-36)42(45)49-29-10-9-26-46-2/h3,18-19,22-23,30-33,35,38H,1,4-17,20-21,24-29H2,2H3. The molecule has 0 bridgehead atoms. The van der Waals surface area contributed by atoms with E-state index in [1.165, 1.54) is 75.5 Å². The number of carbonyl (C=O) groups is 1. The molecule has 2 saturated carbocycles. The van der Waals surface area contributed by atoms with Crippen molar-refractivity contribution < 1.29 is 32.5 Å². The van der Waals surface area contributed by atoms with E-state index in [4.69, 9.17) is 18.9 Å². The molecule has 0 unspecified atom stereocenters. The van der Waals surface area contributed by atoms with Crippen molar-refractivity contribution in [1.29, 1.82) is 0 Å². The molecule has 0 spiro atoms. The Kier molecular flexibility index (Phi) is 17.8. The minimum Gasteiger partial charge on any atom is -0.494 e. The van der Waals surface area contributed by atoms with Gasteiger partial charge in [-0.1, -0.05) is 51.2 Å². The van der Waals surface area contributed by atoms with Crippen LogP contribution in [0.2, 0.25) is 0 Å². The van der Waals surface area contributed by atoms with Crippen LogP contribution in [0.15, 0.2) is 36.4 Å². The fourth-order valence-corrected chi connectivity index (χ4v) is 7.51. The van der Waals surface area contributed by atoms with E-state index in [0.29, 0.717) is 44.1 Å². The lowest BCUT2D eigenvalue weighted by molar-refractivity contribution is 0.0216. The van der Waals surface area contributed by atoms with Gasteiger partial charge in [-0.15, -0.1) is 12.8 Å². The molecular weight excluding hydrogens is 622 g/mol. The normalized spacial score (nSPS) is 21.0. The highest BCUT2D eigenvalue weighted by atomic mass is 19.1. The van der Waals surface area contributed by atoms with Gasteiger partial charge >= 0.3 is 5.97 Å². The first kappa shape index (κ1) is 39.2. The molecule has 0 aromatic heterocycles. The average Bonchev–Trinajstić information content (AvgIpc) is 3.11. The number of rotatable bonds is 22. The van der Waals surface area contributed by atoms with Gasteiger partial charge in [-0.25, -0.2) is 13.6 Å². The lowest BCUT2D eigenvalue weighted by Crippen LogP contribution is -2.22. The molecule has 0 aliphatic heterocycles. The van der Waals surface area contributed by atoms with E-state index >= 15 is 0 Å². The maximum Gasteiger partial charge on any atom is 0.344 e. The Morgan fingerprint density at radius 3 is 2.04 bits per heavy atom. The van der Waals surface area contributed by atoms with E-state index in [1.54, 1.807) is 7.11 Å². The molecule has 2 aromatic rings. The molecule has 49 heavy (non-hydrogen) atoms. The maximum absolute atomic E-state index is 14.8. The van der Waals surface area contributed by atoms with Crippen molar-refractivity contribution in [2.24, 2.45) is 5.92 Å². The molecule has 0 heterocycles. The fourth-order valence-electron chi connectivity index (χ4n) is 7.51. The van der Waals surface area contributed by atoms with E-state index in [1.807, 2.05) is 6.42 Å². The first-order valence-corrected chi connectivity index (χ1v) is 19.1. The third-order valence-corrected chi connectivity index (χ3v) is 10.5. The molecule has 4 rings (SSSR count). The van der Waals surface area contributed by atoms with Gasteiger partial charge < -0.3 is 18.9 Å². The smallest absolute Gasteiger partial charge is 0.344 e. The molecule has 2 fully saturated rings. The lowest BCUT2D eigenvalue weighted by atomic mass is 9.77. The topological polar surface area (TPSA) is 54.0 Å². The zero-order valence-electron chi connectivity index (χ0n) is 29.9. The zero-order valence-corrected chi connectivity index (χ0v) is 29.9. The number of halogens is 2. The molecule has 7 heteroatoms. The first-order chi connectivity index (χ1) is 24.0. The minimum absolute atomic E-state index is 0.0465. The van der Waals surface area contributed by atoms with E-state index < -0.39 is 23.2 Å². The molecule has 2 aliphatic rings. The van der Waals surface area contributed by atoms with Gasteiger partial charge in [-0.05, 0) is 130 Å². The van der Waals surface area contributed by atoms with Gasteiger partial charge in [0.2, 0.25) is 0 Å². The fraction of sp³-hybridized carbons (Fsp3) is 0.643. The van der Waals surface area contributed by atoms with Crippen LogP contribution in [0.1, 0.15) is 149 Å². The van der Waals surface area contributed by atoms with Crippen molar-refractivity contribution in [2.75, 3.05) is 33.5 Å². The van der Waals surface area contributed by atoms with Gasteiger partial charge in [-0.2, -0.15) is 0 Å². The third-order valence-electron chi connectivity index (χ3n) is 10.5. The number of carbonyl (C=O) groups excluding carboxylic acids is 1. The van der Waals surface area contributed by atoms with Crippen molar-refractivity contribution in [1.82, 2.24) is 0 Å². The molecule has 0 amide bonds. The Balaban J connectivity index is 1.05. The summed E-state index contributed by atoms with van der Waals surface area (Å²) in [7, 11) is 1.59. The summed E-state index contributed by atoms with van der Waals surface area (Å²) in [6.07, 6.45) is 21.9. The molecule has 5 nitrogen and oxygen atoms in total. The number of benzene rings is 2. The van der Waals surface area contributed by atoms with Gasteiger partial charge in [0.25, 0.3) is 0 Å². The Labute approximate surface area is 294 Å². The molecule has 0 N–H and O–H groups in total. The van der Waals surface area contributed by atoms with Crippen LogP contribution in [0, 0.1) is 30.9 Å². The van der Waals surface area contributed by atoms with Crippen molar-refractivity contribution in [2.45, 2.75) is 134 Å². The van der Waals surface area contributed by atoms with Crippen LogP contribution >= 0.6 is 0 Å². The maximum atomic E-state index is 14.8. The highest BCUT2D eigenvalue weighted by molar-refractivity contribution is 5.90. The highest BCUT2D eigenvalue weighted by Gasteiger charge is 2.27. The molecular formula is C42H60F2O5. The summed E-state index contributed by atoms with van der Waals surface area (Å²) in [5, 5.41) is 0. The molecule has 2 aromatic carbocycles. The summed E-state index contributed by atoms with van der Waals surface area (Å²) in [6.45, 7) is 5.82. The van der Waals surface area contributed by atoms with E-state index in [9.17, 15) is 13.6 Å². The second-order valence-electron chi connectivity index (χ2n) is 14.2. The quantitative estimate of drug-likeness (QED) is 0.0703. The number of hydrogen-bond donors (Lipinski definition) is 0. The molecule has 0 radical (unpaired) electrons. The monoisotopic (exact) mass is 682 g/mol. The Bertz CT molecular complexity index is 1180. The van der Waals surface area contributed by atoms with Crippen molar-refractivity contribution in [3.63, 3.8) is 0 Å². The van der Waals surface area contributed by atoms with Gasteiger partial charge in [0.15, 0.2) is 0 Å². The largest absolute Gasteiger partial charge is 0.494 e. The first-order valence-electron chi connectivity index (χ1n) is 19.1. The number of hydrogen-bond acceptors (Lipinski definition) is 5. The number of unbranched alkanes of at least 4 members (excludes halogenated alkanes) is 7. The summed E-state index contributed by atoms with van der Waals surface area (Å²) in [6, 6.07) is 11.4. The van der Waals surface area contributed by atoms with Gasteiger partial charge in [0.05, 0.1) is 19.3 Å². The molecule has 0 atom stereocenters. The lowest BCUT2D eigenvalue weighted by Gasteiger charge is -2.29. The number of ether oxygens (including phenoxy) is 4.